The van der Waals surface area contributed by atoms with Crippen molar-refractivity contribution in [2.75, 3.05) is 27.7 Å². The predicted octanol–water partition coefficient (Wildman–Crippen LogP) is -0.474. The zero-order valence-electron chi connectivity index (χ0n) is 7.82. The molecule has 0 aromatic heterocycles. The van der Waals surface area contributed by atoms with E-state index in [9.17, 15) is 4.79 Å². The zero-order chi connectivity index (χ0) is 9.07. The van der Waals surface area contributed by atoms with Crippen molar-refractivity contribution in [3.8, 4) is 0 Å². The van der Waals surface area contributed by atoms with Gasteiger partial charge in [0.15, 0.2) is 0 Å². The predicted molar refractivity (Wildman–Crippen MR) is 41.2 cm³/mol. The average Bonchev–Trinajstić information content (AvgIpc) is 1.53. The van der Waals surface area contributed by atoms with Crippen LogP contribution in [0.3, 0.4) is 0 Å². The quantitative estimate of drug-likeness (QED) is 0.664. The van der Waals surface area contributed by atoms with Gasteiger partial charge in [-0.3, -0.25) is 4.79 Å². The molecule has 0 saturated heterocycles. The van der Waals surface area contributed by atoms with Gasteiger partial charge in [-0.2, -0.15) is 0 Å². The molecule has 0 aliphatic rings. The Bertz CT molecular complexity index is 144. The van der Waals surface area contributed by atoms with Crippen molar-refractivity contribution in [2.45, 2.75) is 12.5 Å². The van der Waals surface area contributed by atoms with Crippen molar-refractivity contribution < 1.29 is 52.2 Å². The molecule has 5 heteroatoms. The number of rotatable bonds is 4. The molecule has 0 aromatic carbocycles. The van der Waals surface area contributed by atoms with Gasteiger partial charge in [-0.25, -0.2) is 0 Å². The Morgan fingerprint density at radius 1 is 1.42 bits per heavy atom. The van der Waals surface area contributed by atoms with Gasteiger partial charge in [0.2, 0.25) is 0 Å². The zero-order valence-corrected chi connectivity index (χ0v) is 10.7. The molecule has 0 saturated carbocycles. The summed E-state index contributed by atoms with van der Waals surface area (Å²) in [5, 5.41) is 17.5. The van der Waals surface area contributed by atoms with Crippen molar-refractivity contribution in [1.82, 2.24) is 0 Å². The number of carboxylic acid groups (broad SMARTS) is 1. The molecule has 1 radical (unpaired) electrons. The molecule has 12 heavy (non-hydrogen) atoms. The summed E-state index contributed by atoms with van der Waals surface area (Å²) in [5.74, 6) is -0.953. The molecule has 0 rings (SSSR count). The Kier molecular flexibility index (Phi) is 7.53. The fraction of sp³-hybridized carbons (Fsp3) is 0.857. The number of carbonyl (C=O) groups is 1. The van der Waals surface area contributed by atoms with E-state index in [1.54, 1.807) is 0 Å². The van der Waals surface area contributed by atoms with Gasteiger partial charge in [0, 0.05) is 32.7 Å². The molecule has 0 spiro atoms. The van der Waals surface area contributed by atoms with E-state index in [-0.39, 0.29) is 39.1 Å². The second-order valence-corrected chi connectivity index (χ2v) is 3.72. The number of likely N-dealkylation sites (N-methyl/N-ethyl adjacent to an activating group) is 1. The minimum absolute atomic E-state index is 0. The summed E-state index contributed by atoms with van der Waals surface area (Å²) in [6, 6.07) is 0. The monoisotopic (exact) mass is 251 g/mol. The number of quaternary nitrogens is 1. The average molecular weight is 251 g/mol. The summed E-state index contributed by atoms with van der Waals surface area (Å²) in [7, 11) is 5.72. The van der Waals surface area contributed by atoms with E-state index < -0.39 is 12.1 Å². The van der Waals surface area contributed by atoms with E-state index in [4.69, 9.17) is 10.2 Å². The Hall–Kier alpha value is 0.494. The molecule has 0 aromatic rings. The van der Waals surface area contributed by atoms with E-state index in [0.29, 0.717) is 11.0 Å². The van der Waals surface area contributed by atoms with Crippen LogP contribution in [0, 0.1) is 0 Å². The first-order valence-electron chi connectivity index (χ1n) is 3.51. The van der Waals surface area contributed by atoms with Gasteiger partial charge in [-0.1, -0.05) is 0 Å². The molecule has 0 fully saturated rings. The summed E-state index contributed by atoms with van der Waals surface area (Å²) < 4.78 is 0.578. The van der Waals surface area contributed by atoms with Gasteiger partial charge in [0.05, 0.1) is 27.6 Å². The van der Waals surface area contributed by atoms with Gasteiger partial charge in [0.25, 0.3) is 0 Å². The second kappa shape index (κ2) is 6.03. The van der Waals surface area contributed by atoms with Gasteiger partial charge in [0.1, 0.15) is 12.6 Å². The van der Waals surface area contributed by atoms with Crippen molar-refractivity contribution in [3.63, 3.8) is 0 Å². The van der Waals surface area contributed by atoms with Crippen LogP contribution in [0.4, 0.5) is 0 Å². The maximum atomic E-state index is 10.1. The second-order valence-electron chi connectivity index (χ2n) is 3.72. The van der Waals surface area contributed by atoms with Crippen LogP contribution in [0.15, 0.2) is 0 Å². The summed E-state index contributed by atoms with van der Waals surface area (Å²) in [4.78, 5) is 10.1. The third-order valence-electron chi connectivity index (χ3n) is 1.17. The summed E-state index contributed by atoms with van der Waals surface area (Å²) in [6.45, 7) is 0.465. The number of hydrogen-bond donors (Lipinski definition) is 2. The van der Waals surface area contributed by atoms with E-state index in [2.05, 4.69) is 0 Å². The number of carboxylic acids is 1. The molecule has 0 aliphatic heterocycles. The number of nitrogens with zero attached hydrogens (tertiary/aromatic N) is 1. The fourth-order valence-electron chi connectivity index (χ4n) is 0.898. The molecule has 0 heterocycles. The van der Waals surface area contributed by atoms with Crippen LogP contribution in [0.25, 0.3) is 0 Å². The largest absolute Gasteiger partial charge is 0.481 e. The Labute approximate surface area is 98.0 Å². The summed E-state index contributed by atoms with van der Waals surface area (Å²) in [6.07, 6.45) is -0.914. The minimum atomic E-state index is -0.953. The molecule has 1 unspecified atom stereocenters. The van der Waals surface area contributed by atoms with Crippen LogP contribution in [-0.2, 0) is 37.5 Å². The van der Waals surface area contributed by atoms with Gasteiger partial charge in [-0.05, 0) is 0 Å². The molecule has 1 atom stereocenters. The van der Waals surface area contributed by atoms with Crippen LogP contribution in [0.2, 0.25) is 0 Å². The number of aliphatic carboxylic acids is 1. The molecule has 2 N–H and O–H groups in total. The van der Waals surface area contributed by atoms with Crippen molar-refractivity contribution in [2.24, 2.45) is 0 Å². The first-order chi connectivity index (χ1) is 4.81. The number of aliphatic hydroxyl groups is 1. The maximum absolute atomic E-state index is 10.1. The summed E-state index contributed by atoms with van der Waals surface area (Å²) >= 11 is 0. The van der Waals surface area contributed by atoms with Gasteiger partial charge in [-0.15, -0.1) is 0 Å². The number of aliphatic hydroxyl groups excluding tert-OH is 1. The topological polar surface area (TPSA) is 57.5 Å². The molecule has 0 bridgehead atoms. The van der Waals surface area contributed by atoms with E-state index in [1.165, 1.54) is 0 Å². The first kappa shape index (κ1) is 15.0. The Morgan fingerprint density at radius 2 is 1.83 bits per heavy atom. The van der Waals surface area contributed by atoms with Crippen molar-refractivity contribution >= 4 is 5.97 Å². The normalized spacial score (nSPS) is 13.3. The summed E-state index contributed by atoms with van der Waals surface area (Å²) in [5.41, 5.74) is 0. The van der Waals surface area contributed by atoms with E-state index in [0.717, 1.165) is 0 Å². The van der Waals surface area contributed by atoms with Crippen molar-refractivity contribution in [1.29, 1.82) is 0 Å². The molecule has 0 aliphatic carbocycles. The van der Waals surface area contributed by atoms with Crippen molar-refractivity contribution in [3.05, 3.63) is 0 Å². The van der Waals surface area contributed by atoms with Crippen LogP contribution in [0.5, 0.6) is 0 Å². The van der Waals surface area contributed by atoms with E-state index in [1.807, 2.05) is 21.1 Å². The molecular formula is C7H16NO3Y+. The van der Waals surface area contributed by atoms with Crippen LogP contribution >= 0.6 is 0 Å². The Balaban J connectivity index is 0. The van der Waals surface area contributed by atoms with E-state index >= 15 is 0 Å². The smallest absolute Gasteiger partial charge is 0.306 e. The Morgan fingerprint density at radius 3 is 2.08 bits per heavy atom. The third kappa shape index (κ3) is 10.5. The first-order valence-corrected chi connectivity index (χ1v) is 3.51. The third-order valence-corrected chi connectivity index (χ3v) is 1.17. The molecule has 4 nitrogen and oxygen atoms in total. The SMILES string of the molecule is C[N+](C)(C)CC(O)CC(=O)O.[Y]. The minimum Gasteiger partial charge on any atom is -0.481 e. The maximum Gasteiger partial charge on any atom is 0.306 e. The van der Waals surface area contributed by atoms with Gasteiger partial charge >= 0.3 is 5.97 Å². The van der Waals surface area contributed by atoms with Crippen LogP contribution in [0.1, 0.15) is 6.42 Å². The number of hydrogen-bond acceptors (Lipinski definition) is 2. The molecular weight excluding hydrogens is 235 g/mol. The van der Waals surface area contributed by atoms with Crippen LogP contribution < -0.4 is 0 Å². The molecule has 0 amide bonds. The standard InChI is InChI=1S/C7H15NO3.Y/c1-8(2,3)5-6(9)4-7(10)11;/h6,9H,4-5H2,1-3H3;/p+1. The van der Waals surface area contributed by atoms with Crippen LogP contribution in [-0.4, -0.2) is 54.5 Å². The van der Waals surface area contributed by atoms with Gasteiger partial charge < -0.3 is 14.7 Å². The fourth-order valence-corrected chi connectivity index (χ4v) is 0.898. The molecule has 69 valence electrons.